The van der Waals surface area contributed by atoms with E-state index < -0.39 is 10.0 Å². The van der Waals surface area contributed by atoms with Crippen LogP contribution in [-0.2, 0) is 14.8 Å². The van der Waals surface area contributed by atoms with E-state index in [1.165, 1.54) is 5.56 Å². The quantitative estimate of drug-likeness (QED) is 0.788. The molecular formula is C22H26N2O4S. The van der Waals surface area contributed by atoms with E-state index >= 15 is 0 Å². The lowest BCUT2D eigenvalue weighted by Crippen LogP contribution is -2.38. The van der Waals surface area contributed by atoms with E-state index in [4.69, 9.17) is 4.74 Å². The van der Waals surface area contributed by atoms with E-state index in [0.717, 1.165) is 29.6 Å². The molecule has 1 aliphatic heterocycles. The number of carbonyl (C=O) groups excluding carboxylic acids is 1. The highest BCUT2D eigenvalue weighted by Crippen LogP contribution is 2.52. The fraction of sp³-hybridized carbons (Fsp3) is 0.409. The normalized spacial score (nSPS) is 23.8. The summed E-state index contributed by atoms with van der Waals surface area (Å²) in [6, 6.07) is 15.9. The molecule has 1 saturated heterocycles. The zero-order valence-corrected chi connectivity index (χ0v) is 17.5. The lowest BCUT2D eigenvalue weighted by Gasteiger charge is -2.17. The monoisotopic (exact) mass is 414 g/mol. The van der Waals surface area contributed by atoms with Crippen molar-refractivity contribution in [3.63, 3.8) is 0 Å². The maximum atomic E-state index is 13.0. The van der Waals surface area contributed by atoms with Crippen molar-refractivity contribution >= 4 is 15.9 Å². The predicted molar refractivity (Wildman–Crippen MR) is 112 cm³/mol. The number of benzene rings is 2. The van der Waals surface area contributed by atoms with Gasteiger partial charge in [0, 0.05) is 30.6 Å². The van der Waals surface area contributed by atoms with Gasteiger partial charge in [-0.25, -0.2) is 13.1 Å². The van der Waals surface area contributed by atoms with E-state index in [2.05, 4.69) is 16.9 Å². The summed E-state index contributed by atoms with van der Waals surface area (Å²) in [6.45, 7) is 1.05. The molecule has 1 heterocycles. The summed E-state index contributed by atoms with van der Waals surface area (Å²) in [4.78, 5) is 14.8. The van der Waals surface area contributed by atoms with Crippen LogP contribution in [0.3, 0.4) is 0 Å². The first kappa shape index (κ1) is 19.9. The van der Waals surface area contributed by atoms with Crippen LogP contribution in [0, 0.1) is 5.92 Å². The molecule has 2 fully saturated rings. The maximum Gasteiger partial charge on any atom is 0.226 e. The van der Waals surface area contributed by atoms with Gasteiger partial charge in [0.15, 0.2) is 0 Å². The fourth-order valence-electron chi connectivity index (χ4n) is 4.34. The zero-order chi connectivity index (χ0) is 20.6. The number of amides is 1. The van der Waals surface area contributed by atoms with Crippen molar-refractivity contribution in [2.45, 2.75) is 24.8 Å². The van der Waals surface area contributed by atoms with Crippen molar-refractivity contribution in [2.24, 2.45) is 5.92 Å². The number of hydrogen-bond acceptors (Lipinski definition) is 4. The topological polar surface area (TPSA) is 75.7 Å². The van der Waals surface area contributed by atoms with Crippen molar-refractivity contribution in [3.05, 3.63) is 54.1 Å². The summed E-state index contributed by atoms with van der Waals surface area (Å²) in [5.74, 6) is 1.09. The Bertz CT molecular complexity index is 1020. The number of carbonyl (C=O) groups is 1. The first-order valence-electron chi connectivity index (χ1n) is 9.86. The van der Waals surface area contributed by atoms with Crippen molar-refractivity contribution in [3.8, 4) is 16.9 Å². The van der Waals surface area contributed by atoms with Crippen molar-refractivity contribution in [1.82, 2.24) is 9.62 Å². The third-order valence-corrected chi connectivity index (χ3v) is 6.51. The van der Waals surface area contributed by atoms with Crippen molar-refractivity contribution in [1.29, 1.82) is 0 Å². The second-order valence-corrected chi connectivity index (χ2v) is 9.68. The Morgan fingerprint density at radius 1 is 1.10 bits per heavy atom. The highest BCUT2D eigenvalue weighted by atomic mass is 32.2. The minimum atomic E-state index is -3.26. The number of likely N-dealkylation sites (tertiary alicyclic amines) is 1. The number of sulfonamides is 1. The number of nitrogens with one attached hydrogen (secondary N) is 1. The minimum Gasteiger partial charge on any atom is -0.496 e. The molecule has 4 rings (SSSR count). The molecule has 6 nitrogen and oxygen atoms in total. The Kier molecular flexibility index (Phi) is 5.36. The molecule has 7 heteroatoms. The van der Waals surface area contributed by atoms with Crippen LogP contribution in [0.15, 0.2) is 48.5 Å². The highest BCUT2D eigenvalue weighted by Gasteiger charge is 2.47. The number of hydrogen-bond donors (Lipinski definition) is 1. The van der Waals surface area contributed by atoms with Crippen LogP contribution < -0.4 is 9.46 Å². The van der Waals surface area contributed by atoms with E-state index in [1.807, 2.05) is 36.4 Å². The molecule has 2 aromatic carbocycles. The summed E-state index contributed by atoms with van der Waals surface area (Å²) in [7, 11) is -1.59. The van der Waals surface area contributed by atoms with Crippen LogP contribution in [-0.4, -0.2) is 51.7 Å². The Hall–Kier alpha value is -2.38. The number of ether oxygens (including phenoxy) is 1. The molecule has 0 spiro atoms. The van der Waals surface area contributed by atoms with Crippen LogP contribution in [0.5, 0.6) is 5.75 Å². The summed E-state index contributed by atoms with van der Waals surface area (Å²) in [5.41, 5.74) is 3.30. The Morgan fingerprint density at radius 2 is 1.79 bits per heavy atom. The Labute approximate surface area is 171 Å². The average molecular weight is 415 g/mol. The van der Waals surface area contributed by atoms with Crippen LogP contribution in [0.2, 0.25) is 0 Å². The summed E-state index contributed by atoms with van der Waals surface area (Å²) < 4.78 is 31.0. The smallest absolute Gasteiger partial charge is 0.226 e. The van der Waals surface area contributed by atoms with Gasteiger partial charge in [-0.2, -0.15) is 0 Å². The first-order chi connectivity index (χ1) is 13.9. The maximum absolute atomic E-state index is 13.0. The van der Waals surface area contributed by atoms with Gasteiger partial charge in [-0.3, -0.25) is 4.79 Å². The van der Waals surface area contributed by atoms with Gasteiger partial charge in [0.25, 0.3) is 0 Å². The minimum absolute atomic E-state index is 0.0390. The van der Waals surface area contributed by atoms with Crippen molar-refractivity contribution in [2.75, 3.05) is 26.5 Å². The molecule has 0 aromatic heterocycles. The van der Waals surface area contributed by atoms with Gasteiger partial charge < -0.3 is 9.64 Å². The Balaban J connectivity index is 1.50. The molecule has 2 aromatic rings. The first-order valence-corrected chi connectivity index (χ1v) is 11.7. The lowest BCUT2D eigenvalue weighted by atomic mass is 9.95. The van der Waals surface area contributed by atoms with Crippen LogP contribution in [0.25, 0.3) is 11.1 Å². The molecule has 0 bridgehead atoms. The van der Waals surface area contributed by atoms with Crippen LogP contribution in [0.4, 0.5) is 0 Å². The third-order valence-electron chi connectivity index (χ3n) is 5.75. The van der Waals surface area contributed by atoms with Gasteiger partial charge in [0.1, 0.15) is 5.75 Å². The second kappa shape index (κ2) is 7.80. The fourth-order valence-corrected chi connectivity index (χ4v) is 5.14. The number of methoxy groups -OCH3 is 1. The summed E-state index contributed by atoms with van der Waals surface area (Å²) >= 11 is 0. The molecular weight excluding hydrogens is 388 g/mol. The van der Waals surface area contributed by atoms with E-state index in [9.17, 15) is 13.2 Å². The Morgan fingerprint density at radius 3 is 2.52 bits per heavy atom. The highest BCUT2D eigenvalue weighted by molar-refractivity contribution is 7.88. The zero-order valence-electron chi connectivity index (χ0n) is 16.7. The van der Waals surface area contributed by atoms with E-state index in [1.54, 1.807) is 12.0 Å². The van der Waals surface area contributed by atoms with Gasteiger partial charge in [-0.15, -0.1) is 0 Å². The largest absolute Gasteiger partial charge is 0.496 e. The standard InChI is InChI=1S/C22H26N2O4S/c1-28-21-10-6-5-9-18(21)16-7-3-4-8-17(16)19-13-20(19)22(25)24-12-11-15(14-24)23-29(2,26)27/h3-10,15,19-20,23H,11-14H2,1-2H3. The molecule has 1 aliphatic carbocycles. The summed E-state index contributed by atoms with van der Waals surface area (Å²) in [6.07, 6.45) is 2.64. The number of para-hydroxylation sites is 1. The average Bonchev–Trinajstić information content (AvgIpc) is 3.37. The number of nitrogens with zero attached hydrogens (tertiary/aromatic N) is 1. The molecule has 154 valence electrons. The van der Waals surface area contributed by atoms with Gasteiger partial charge in [0.2, 0.25) is 15.9 Å². The molecule has 1 amide bonds. The van der Waals surface area contributed by atoms with E-state index in [-0.39, 0.29) is 23.8 Å². The third kappa shape index (κ3) is 4.31. The molecule has 29 heavy (non-hydrogen) atoms. The van der Waals surface area contributed by atoms with Crippen LogP contribution in [0.1, 0.15) is 24.3 Å². The lowest BCUT2D eigenvalue weighted by molar-refractivity contribution is -0.131. The molecule has 0 radical (unpaired) electrons. The van der Waals surface area contributed by atoms with Gasteiger partial charge in [-0.1, -0.05) is 42.5 Å². The SMILES string of the molecule is COc1ccccc1-c1ccccc1C1CC1C(=O)N1CCC(NS(C)(=O)=O)C1. The summed E-state index contributed by atoms with van der Waals surface area (Å²) in [5, 5.41) is 0. The molecule has 2 aliphatic rings. The predicted octanol–water partition coefficient (Wildman–Crippen LogP) is 2.62. The van der Waals surface area contributed by atoms with Gasteiger partial charge in [-0.05, 0) is 36.0 Å². The molecule has 1 saturated carbocycles. The van der Waals surface area contributed by atoms with Crippen molar-refractivity contribution < 1.29 is 17.9 Å². The van der Waals surface area contributed by atoms with Crippen LogP contribution >= 0.6 is 0 Å². The molecule has 1 N–H and O–H groups in total. The second-order valence-electron chi connectivity index (χ2n) is 7.90. The number of rotatable bonds is 6. The molecule has 3 unspecified atom stereocenters. The van der Waals surface area contributed by atoms with E-state index in [0.29, 0.717) is 19.5 Å². The van der Waals surface area contributed by atoms with Gasteiger partial charge in [0.05, 0.1) is 13.4 Å². The molecule has 3 atom stereocenters. The van der Waals surface area contributed by atoms with Gasteiger partial charge >= 0.3 is 0 Å².